The van der Waals surface area contributed by atoms with Crippen molar-refractivity contribution < 1.29 is 12.4 Å². The highest BCUT2D eigenvalue weighted by atomic mass is 16.5. The highest BCUT2D eigenvalue weighted by Crippen LogP contribution is 2.29. The minimum atomic E-state index is -0.275. The number of methoxy groups -OCH3 is 1. The Hall–Kier alpha value is -4.16. The number of fused-ring (bicyclic) bond motifs is 3. The second kappa shape index (κ2) is 10.6. The summed E-state index contributed by atoms with van der Waals surface area (Å²) in [4.78, 5) is 21.4. The first-order valence-corrected chi connectivity index (χ1v) is 11.2. The quantitative estimate of drug-likeness (QED) is 0.318. The van der Waals surface area contributed by atoms with Crippen molar-refractivity contribution in [1.82, 2.24) is 19.9 Å². The molecule has 4 aromatic rings. The van der Waals surface area contributed by atoms with Crippen LogP contribution >= 0.6 is 0 Å². The summed E-state index contributed by atoms with van der Waals surface area (Å²) < 4.78 is 7.48. The molecule has 4 rings (SSSR count). The molecule has 0 saturated carbocycles. The lowest BCUT2D eigenvalue weighted by molar-refractivity contribution is 0.199. The molecule has 4 N–H and O–H groups in total. The predicted octanol–water partition coefficient (Wildman–Crippen LogP) is 4.32. The summed E-state index contributed by atoms with van der Waals surface area (Å²) in [6.07, 6.45) is 2.31. The number of benzene rings is 2. The van der Waals surface area contributed by atoms with Gasteiger partial charge in [-0.1, -0.05) is 18.2 Å². The number of nitrogen functional groups attached to an aromatic ring is 1. The van der Waals surface area contributed by atoms with Gasteiger partial charge in [-0.25, -0.2) is 14.8 Å². The number of imidazole rings is 1. The fraction of sp³-hybridized carbons (Fsp3) is 0.280. The van der Waals surface area contributed by atoms with Crippen molar-refractivity contribution in [3.8, 4) is 6.07 Å². The molecule has 0 spiro atoms. The molecule has 9 nitrogen and oxygen atoms in total. The van der Waals surface area contributed by atoms with Crippen LogP contribution in [0.3, 0.4) is 0 Å². The molecule has 0 unspecified atom stereocenters. The maximum absolute atomic E-state index is 12.2. The maximum Gasteiger partial charge on any atom is 0.319 e. The number of hydrogen-bond acceptors (Lipinski definition) is 6. The molecule has 178 valence electrons. The van der Waals surface area contributed by atoms with E-state index in [0.717, 1.165) is 41.6 Å². The first-order valence-electron chi connectivity index (χ1n) is 11.2. The number of carbonyl (C=O) groups excluding carboxylic acids is 1. The Morgan fingerprint density at radius 2 is 1.97 bits per heavy atom. The largest absolute Gasteiger partial charge is 0.384 e. The molecule has 0 atom stereocenters. The number of carbonyl (C=O) groups is 1. The third kappa shape index (κ3) is 5.08. The Morgan fingerprint density at radius 3 is 2.74 bits per heavy atom. The van der Waals surface area contributed by atoms with E-state index in [4.69, 9.17) is 20.7 Å². The molecule has 0 bridgehead atoms. The molecule has 9 heteroatoms. The summed E-state index contributed by atoms with van der Waals surface area (Å²) in [7, 11) is 1.67. The van der Waals surface area contributed by atoms with Crippen LogP contribution in [-0.2, 0) is 17.7 Å². The van der Waals surface area contributed by atoms with Gasteiger partial charge in [-0.15, -0.1) is 0 Å². The lowest BCUT2D eigenvalue weighted by Gasteiger charge is -2.12. The number of nitriles is 1. The molecular weight excluding hydrogens is 430 g/mol. The number of unbranched alkanes of at least 4 members (excludes halogenated alkanes) is 1. The number of rotatable bonds is 9. The molecule has 0 saturated heterocycles. The van der Waals surface area contributed by atoms with Crippen LogP contribution in [0.4, 0.5) is 16.3 Å². The van der Waals surface area contributed by atoms with Crippen LogP contribution in [0.25, 0.3) is 21.9 Å². The van der Waals surface area contributed by atoms with E-state index in [-0.39, 0.29) is 8.88 Å². The van der Waals surface area contributed by atoms with E-state index >= 15 is 0 Å². The van der Waals surface area contributed by atoms with Crippen LogP contribution < -0.4 is 16.4 Å². The lowest BCUT2D eigenvalue weighted by Crippen LogP contribution is -2.29. The average Bonchev–Trinajstić information content (AvgIpc) is 3.22. The van der Waals surface area contributed by atoms with E-state index < -0.39 is 0 Å². The van der Waals surface area contributed by atoms with Gasteiger partial charge < -0.3 is 25.7 Å². The normalized spacial score (nSPS) is 10.9. The van der Waals surface area contributed by atoms with Crippen molar-refractivity contribution in [3.05, 3.63) is 59.9 Å². The van der Waals surface area contributed by atoms with Crippen LogP contribution in [0.1, 0.15) is 27.1 Å². The smallest absolute Gasteiger partial charge is 0.319 e. The molecule has 2 aromatic carbocycles. The minimum Gasteiger partial charge on any atom is -0.384 e. The third-order valence-electron chi connectivity index (χ3n) is 5.59. The SMILES string of the molecule is COCCc1nc2c(N)nc3ccccc3c2n1CCCCNC(=O)Nc1ccc(C#N)cc1.[HH].[HH]. The molecule has 0 aliphatic heterocycles. The molecular formula is C25H31N7O2. The fourth-order valence-electron chi connectivity index (χ4n) is 3.93. The number of anilines is 2. The van der Waals surface area contributed by atoms with Crippen LogP contribution in [0, 0.1) is 11.3 Å². The van der Waals surface area contributed by atoms with Gasteiger partial charge in [-0.05, 0) is 43.2 Å². The second-order valence-corrected chi connectivity index (χ2v) is 7.91. The van der Waals surface area contributed by atoms with E-state index in [1.165, 1.54) is 0 Å². The van der Waals surface area contributed by atoms with E-state index in [1.54, 1.807) is 31.4 Å². The number of aromatic nitrogens is 3. The number of hydrogen-bond donors (Lipinski definition) is 3. The summed E-state index contributed by atoms with van der Waals surface area (Å²) >= 11 is 0. The molecule has 34 heavy (non-hydrogen) atoms. The van der Waals surface area contributed by atoms with Crippen LogP contribution in [0.2, 0.25) is 0 Å². The summed E-state index contributed by atoms with van der Waals surface area (Å²) in [6, 6.07) is 16.4. The van der Waals surface area contributed by atoms with E-state index in [2.05, 4.69) is 26.3 Å². The summed E-state index contributed by atoms with van der Waals surface area (Å²) in [5, 5.41) is 15.5. The first-order chi connectivity index (χ1) is 16.6. The maximum atomic E-state index is 12.2. The molecule has 0 fully saturated rings. The van der Waals surface area contributed by atoms with Crippen molar-refractivity contribution in [2.75, 3.05) is 31.3 Å². The van der Waals surface area contributed by atoms with Gasteiger partial charge in [-0.3, -0.25) is 0 Å². The number of nitrogens with one attached hydrogen (secondary N) is 2. The number of pyridine rings is 1. The van der Waals surface area contributed by atoms with E-state index in [9.17, 15) is 4.79 Å². The van der Waals surface area contributed by atoms with Crippen molar-refractivity contribution in [2.24, 2.45) is 0 Å². The van der Waals surface area contributed by atoms with Gasteiger partial charge in [0.1, 0.15) is 11.3 Å². The Labute approximate surface area is 200 Å². The fourth-order valence-corrected chi connectivity index (χ4v) is 3.93. The number of nitrogens with two attached hydrogens (primary N) is 1. The van der Waals surface area contributed by atoms with Gasteiger partial charge in [0, 0.05) is 40.5 Å². The highest BCUT2D eigenvalue weighted by Gasteiger charge is 2.17. The number of nitrogens with zero attached hydrogens (tertiary/aromatic N) is 4. The third-order valence-corrected chi connectivity index (χ3v) is 5.59. The number of amides is 2. The van der Waals surface area contributed by atoms with Crippen molar-refractivity contribution >= 4 is 39.5 Å². The summed E-state index contributed by atoms with van der Waals surface area (Å²) in [6.45, 7) is 1.83. The van der Waals surface area contributed by atoms with Gasteiger partial charge in [0.15, 0.2) is 5.82 Å². The van der Waals surface area contributed by atoms with E-state index in [1.807, 2.05) is 24.3 Å². The van der Waals surface area contributed by atoms with Crippen molar-refractivity contribution in [3.63, 3.8) is 0 Å². The Bertz CT molecular complexity index is 1350. The number of para-hydroxylation sites is 1. The highest BCUT2D eigenvalue weighted by molar-refractivity contribution is 6.06. The lowest BCUT2D eigenvalue weighted by atomic mass is 10.2. The zero-order valence-electron chi connectivity index (χ0n) is 19.0. The van der Waals surface area contributed by atoms with Crippen LogP contribution in [0.15, 0.2) is 48.5 Å². The van der Waals surface area contributed by atoms with Gasteiger partial charge in [0.25, 0.3) is 0 Å². The Kier molecular flexibility index (Phi) is 7.20. The molecule has 0 aliphatic carbocycles. The number of ether oxygens (including phenoxy) is 1. The van der Waals surface area contributed by atoms with Crippen molar-refractivity contribution in [2.45, 2.75) is 25.8 Å². The topological polar surface area (TPSA) is 131 Å². The molecule has 0 radical (unpaired) electrons. The van der Waals surface area contributed by atoms with Crippen LogP contribution in [0.5, 0.6) is 0 Å². The molecule has 2 heterocycles. The standard InChI is InChI=1S/C25H27N7O2.2H2/c1-34-15-12-21-31-22-23(19-6-2-3-7-20(19)30-24(22)27)32(21)14-5-4-13-28-25(33)29-18-10-8-17(16-26)9-11-18;;/h2-3,6-11H,4-5,12-15H2,1H3,(H2,27,30)(H2,28,29,33);2*1H. The molecule has 2 amide bonds. The van der Waals surface area contributed by atoms with Gasteiger partial charge in [0.2, 0.25) is 0 Å². The molecule has 2 aromatic heterocycles. The summed E-state index contributed by atoms with van der Waals surface area (Å²) in [5.41, 5.74) is 9.96. The Morgan fingerprint density at radius 1 is 1.18 bits per heavy atom. The summed E-state index contributed by atoms with van der Waals surface area (Å²) in [5.74, 6) is 1.33. The monoisotopic (exact) mass is 461 g/mol. The Balaban J connectivity index is 0.00000228. The zero-order chi connectivity index (χ0) is 23.9. The number of aryl methyl sites for hydroxylation is 1. The first kappa shape index (κ1) is 23.0. The van der Waals surface area contributed by atoms with Crippen LogP contribution in [-0.4, -0.2) is 40.8 Å². The van der Waals surface area contributed by atoms with Gasteiger partial charge in [-0.2, -0.15) is 5.26 Å². The van der Waals surface area contributed by atoms with E-state index in [0.29, 0.717) is 42.2 Å². The van der Waals surface area contributed by atoms with Gasteiger partial charge in [0.05, 0.1) is 29.3 Å². The zero-order valence-corrected chi connectivity index (χ0v) is 19.0. The van der Waals surface area contributed by atoms with Crippen molar-refractivity contribution in [1.29, 1.82) is 5.26 Å². The predicted molar refractivity (Wildman–Crippen MR) is 137 cm³/mol. The minimum absolute atomic E-state index is 0. The molecule has 0 aliphatic rings. The second-order valence-electron chi connectivity index (χ2n) is 7.91. The average molecular weight is 462 g/mol. The van der Waals surface area contributed by atoms with Gasteiger partial charge >= 0.3 is 6.03 Å². The number of urea groups is 1.